The lowest BCUT2D eigenvalue weighted by molar-refractivity contribution is 0.112. The van der Waals surface area contributed by atoms with Crippen molar-refractivity contribution in [3.05, 3.63) is 202 Å². The molecule has 0 saturated heterocycles. The predicted molar refractivity (Wildman–Crippen MR) is 192 cm³/mol. The summed E-state index contributed by atoms with van der Waals surface area (Å²) in [6.45, 7) is 0. The van der Waals surface area contributed by atoms with Crippen LogP contribution in [0, 0.1) is 0 Å². The molecule has 0 amide bonds. The molecule has 0 aliphatic carbocycles. The molecule has 6 aromatic carbocycles. The third-order valence-corrected chi connectivity index (χ3v) is 7.54. The molecule has 0 atom stereocenters. The van der Waals surface area contributed by atoms with Gasteiger partial charge in [0.05, 0.1) is 0 Å². The van der Waals surface area contributed by atoms with Crippen LogP contribution in [0.3, 0.4) is 0 Å². The van der Waals surface area contributed by atoms with Crippen molar-refractivity contribution in [2.24, 2.45) is 0 Å². The van der Waals surface area contributed by atoms with E-state index < -0.39 is 0 Å². The van der Waals surface area contributed by atoms with Crippen molar-refractivity contribution < 1.29 is 4.79 Å². The Morgan fingerprint density at radius 1 is 0.378 bits per heavy atom. The van der Waals surface area contributed by atoms with Crippen LogP contribution in [0.25, 0.3) is 36.0 Å². The van der Waals surface area contributed by atoms with Gasteiger partial charge in [0.2, 0.25) is 0 Å². The highest BCUT2D eigenvalue weighted by molar-refractivity contribution is 5.91. The maximum atomic E-state index is 10.8. The Morgan fingerprint density at radius 2 is 0.711 bits per heavy atom. The molecule has 0 aliphatic rings. The van der Waals surface area contributed by atoms with E-state index in [1.54, 1.807) is 0 Å². The van der Waals surface area contributed by atoms with Crippen LogP contribution in [0.1, 0.15) is 49.3 Å². The Hall–Kier alpha value is -5.99. The second kappa shape index (κ2) is 14.5. The third kappa shape index (κ3) is 8.10. The largest absolute Gasteiger partial charge is 0.356 e. The van der Waals surface area contributed by atoms with Gasteiger partial charge in [-0.15, -0.1) is 0 Å². The molecule has 216 valence electrons. The van der Waals surface area contributed by atoms with Crippen molar-refractivity contribution in [1.82, 2.24) is 0 Å². The lowest BCUT2D eigenvalue weighted by Crippen LogP contribution is -1.91. The molecule has 0 saturated carbocycles. The Bertz CT molecular complexity index is 1870. The van der Waals surface area contributed by atoms with Crippen LogP contribution in [0.2, 0.25) is 0 Å². The maximum Gasteiger partial charge on any atom is 0.150 e. The van der Waals surface area contributed by atoms with E-state index in [1.165, 1.54) is 16.7 Å². The molecular weight excluding hydrogens is 546 g/mol. The monoisotopic (exact) mass is 579 g/mol. The van der Waals surface area contributed by atoms with Crippen LogP contribution < -0.4 is 5.32 Å². The van der Waals surface area contributed by atoms with E-state index in [4.69, 9.17) is 0 Å². The number of anilines is 2. The van der Waals surface area contributed by atoms with Gasteiger partial charge in [-0.25, -0.2) is 0 Å². The van der Waals surface area contributed by atoms with Crippen LogP contribution >= 0.6 is 0 Å². The van der Waals surface area contributed by atoms with E-state index in [-0.39, 0.29) is 0 Å². The zero-order valence-corrected chi connectivity index (χ0v) is 24.9. The summed E-state index contributed by atoms with van der Waals surface area (Å²) in [7, 11) is 0. The highest BCUT2D eigenvalue weighted by Crippen LogP contribution is 2.27. The Labute approximate surface area is 265 Å². The number of carbonyl (C=O) groups excluding carboxylic acids is 1. The molecule has 0 bridgehead atoms. The highest BCUT2D eigenvalue weighted by atomic mass is 16.1. The van der Waals surface area contributed by atoms with Crippen molar-refractivity contribution in [1.29, 1.82) is 0 Å². The van der Waals surface area contributed by atoms with E-state index in [9.17, 15) is 4.79 Å². The van der Waals surface area contributed by atoms with Gasteiger partial charge in [-0.3, -0.25) is 4.79 Å². The first-order valence-electron chi connectivity index (χ1n) is 15.0. The zero-order valence-electron chi connectivity index (χ0n) is 24.9. The first-order chi connectivity index (χ1) is 22.2. The van der Waals surface area contributed by atoms with Crippen LogP contribution in [0.5, 0.6) is 0 Å². The first-order valence-corrected chi connectivity index (χ1v) is 15.0. The van der Waals surface area contributed by atoms with Crippen LogP contribution in [-0.4, -0.2) is 6.29 Å². The lowest BCUT2D eigenvalue weighted by Gasteiger charge is -2.10. The van der Waals surface area contributed by atoms with Gasteiger partial charge >= 0.3 is 0 Å². The summed E-state index contributed by atoms with van der Waals surface area (Å²) < 4.78 is 0. The molecule has 0 aromatic heterocycles. The van der Waals surface area contributed by atoms with E-state index in [1.807, 2.05) is 30.3 Å². The van der Waals surface area contributed by atoms with Gasteiger partial charge in [0.1, 0.15) is 6.29 Å². The molecule has 45 heavy (non-hydrogen) atoms. The lowest BCUT2D eigenvalue weighted by atomic mass is 9.96. The SMILES string of the molecule is O=Cc1ccc(/C=C/c2ccc(/C=C/c3ccc(Nc4ccc(C=C(c5ccccc5)c5ccccc5)cc4)cc3)cc2)cc1. The van der Waals surface area contributed by atoms with E-state index in [0.717, 1.165) is 45.5 Å². The number of hydrogen-bond acceptors (Lipinski definition) is 2. The topological polar surface area (TPSA) is 29.1 Å². The fourth-order valence-electron chi connectivity index (χ4n) is 5.03. The third-order valence-electron chi connectivity index (χ3n) is 7.54. The van der Waals surface area contributed by atoms with Gasteiger partial charge in [0.15, 0.2) is 0 Å². The summed E-state index contributed by atoms with van der Waals surface area (Å²) >= 11 is 0. The summed E-state index contributed by atoms with van der Waals surface area (Å²) in [6, 6.07) is 54.0. The molecule has 6 aromatic rings. The average Bonchev–Trinajstić information content (AvgIpc) is 3.11. The first kappa shape index (κ1) is 29.1. The highest BCUT2D eigenvalue weighted by Gasteiger charge is 2.05. The summed E-state index contributed by atoms with van der Waals surface area (Å²) in [4.78, 5) is 10.8. The van der Waals surface area contributed by atoms with Gasteiger partial charge in [0, 0.05) is 16.9 Å². The minimum Gasteiger partial charge on any atom is -0.356 e. The number of nitrogens with one attached hydrogen (secondary N) is 1. The second-order valence-electron chi connectivity index (χ2n) is 10.8. The standard InChI is InChI=1S/C43H33NO/c45-32-38-21-19-35(20-22-38)16-15-33-11-13-34(14-12-33)17-18-36-23-27-41(28-24-36)44-42-29-25-37(26-30-42)31-43(39-7-3-1-4-8-39)40-9-5-2-6-10-40/h1-32,44H/b16-15+,18-17+. The summed E-state index contributed by atoms with van der Waals surface area (Å²) in [5.41, 5.74) is 12.0. The molecular formula is C43H33NO. The number of carbonyl (C=O) groups is 1. The molecule has 6 rings (SSSR count). The molecule has 0 radical (unpaired) electrons. The molecule has 0 spiro atoms. The van der Waals surface area contributed by atoms with E-state index in [2.05, 4.69) is 163 Å². The van der Waals surface area contributed by atoms with Gasteiger partial charge in [-0.05, 0) is 74.9 Å². The van der Waals surface area contributed by atoms with Crippen molar-refractivity contribution in [2.75, 3.05) is 5.32 Å². The second-order valence-corrected chi connectivity index (χ2v) is 10.8. The van der Waals surface area contributed by atoms with E-state index in [0.29, 0.717) is 5.56 Å². The number of rotatable bonds is 10. The summed E-state index contributed by atoms with van der Waals surface area (Å²) in [5, 5.41) is 3.52. The molecule has 0 unspecified atom stereocenters. The molecule has 0 aliphatic heterocycles. The minimum atomic E-state index is 0.685. The molecule has 2 heteroatoms. The van der Waals surface area contributed by atoms with Gasteiger partial charge in [-0.2, -0.15) is 0 Å². The summed E-state index contributed by atoms with van der Waals surface area (Å²) in [6.07, 6.45) is 11.5. The number of benzene rings is 6. The Kier molecular flexibility index (Phi) is 9.35. The predicted octanol–water partition coefficient (Wildman–Crippen LogP) is 11.2. The van der Waals surface area contributed by atoms with Crippen molar-refractivity contribution >= 4 is 53.6 Å². The van der Waals surface area contributed by atoms with Crippen LogP contribution in [0.15, 0.2) is 158 Å². The van der Waals surface area contributed by atoms with Crippen molar-refractivity contribution in [3.8, 4) is 0 Å². The Morgan fingerprint density at radius 3 is 1.09 bits per heavy atom. The summed E-state index contributed by atoms with van der Waals surface area (Å²) in [5.74, 6) is 0. The number of aldehydes is 1. The van der Waals surface area contributed by atoms with Crippen LogP contribution in [0.4, 0.5) is 11.4 Å². The normalized spacial score (nSPS) is 11.0. The molecule has 2 nitrogen and oxygen atoms in total. The minimum absolute atomic E-state index is 0.685. The van der Waals surface area contributed by atoms with Gasteiger partial charge in [-0.1, -0.05) is 158 Å². The smallest absolute Gasteiger partial charge is 0.150 e. The fourth-order valence-corrected chi connectivity index (χ4v) is 5.03. The zero-order chi connectivity index (χ0) is 30.7. The molecule has 0 fully saturated rings. The quantitative estimate of drug-likeness (QED) is 0.129. The van der Waals surface area contributed by atoms with E-state index >= 15 is 0 Å². The molecule has 1 N–H and O–H groups in total. The van der Waals surface area contributed by atoms with Gasteiger partial charge < -0.3 is 5.32 Å². The number of hydrogen-bond donors (Lipinski definition) is 1. The fraction of sp³-hybridized carbons (Fsp3) is 0. The molecule has 0 heterocycles. The van der Waals surface area contributed by atoms with Gasteiger partial charge in [0.25, 0.3) is 0 Å². The van der Waals surface area contributed by atoms with Crippen molar-refractivity contribution in [3.63, 3.8) is 0 Å². The van der Waals surface area contributed by atoms with Crippen LogP contribution in [-0.2, 0) is 0 Å². The average molecular weight is 580 g/mol. The maximum absolute atomic E-state index is 10.8. The Balaban J connectivity index is 1.07. The van der Waals surface area contributed by atoms with Crippen molar-refractivity contribution in [2.45, 2.75) is 0 Å².